The predicted molar refractivity (Wildman–Crippen MR) is 80.6 cm³/mol. The lowest BCUT2D eigenvalue weighted by Gasteiger charge is -2.11. The molecule has 0 saturated carbocycles. The number of hydrogen-bond donors (Lipinski definition) is 1. The third-order valence-electron chi connectivity index (χ3n) is 2.72. The molecule has 0 unspecified atom stereocenters. The Morgan fingerprint density at radius 3 is 2.57 bits per heavy atom. The largest absolute Gasteiger partial charge is 0.455 e. The standard InChI is InChI=1S/C17H13N3O/c1-13-5-4-6-15(9-13)21-17-8-3-2-7-16(17)20-12-14(10-18)11-19/h2-9,12,20H,1H3. The van der Waals surface area contributed by atoms with Crippen LogP contribution >= 0.6 is 0 Å². The molecule has 0 saturated heterocycles. The first kappa shape index (κ1) is 14.2. The fraction of sp³-hybridized carbons (Fsp3) is 0.0588. The lowest BCUT2D eigenvalue weighted by atomic mass is 10.2. The van der Waals surface area contributed by atoms with Crippen LogP contribution < -0.4 is 10.1 Å². The molecule has 0 aliphatic rings. The Balaban J connectivity index is 2.24. The monoisotopic (exact) mass is 275 g/mol. The average Bonchev–Trinajstić information content (AvgIpc) is 2.50. The van der Waals surface area contributed by atoms with Crippen molar-refractivity contribution in [2.45, 2.75) is 6.92 Å². The minimum Gasteiger partial charge on any atom is -0.455 e. The summed E-state index contributed by atoms with van der Waals surface area (Å²) >= 11 is 0. The van der Waals surface area contributed by atoms with Crippen LogP contribution in [-0.4, -0.2) is 0 Å². The third kappa shape index (κ3) is 3.86. The quantitative estimate of drug-likeness (QED) is 0.852. The lowest BCUT2D eigenvalue weighted by molar-refractivity contribution is 0.484. The first-order valence-corrected chi connectivity index (χ1v) is 6.33. The van der Waals surface area contributed by atoms with E-state index in [4.69, 9.17) is 15.3 Å². The zero-order valence-electron chi connectivity index (χ0n) is 11.5. The van der Waals surface area contributed by atoms with Gasteiger partial charge in [-0.1, -0.05) is 24.3 Å². The van der Waals surface area contributed by atoms with Crippen LogP contribution in [0.1, 0.15) is 5.56 Å². The molecule has 0 aromatic heterocycles. The number of benzene rings is 2. The number of nitrogens with one attached hydrogen (secondary N) is 1. The third-order valence-corrected chi connectivity index (χ3v) is 2.72. The number of hydrogen-bond acceptors (Lipinski definition) is 4. The zero-order chi connectivity index (χ0) is 15.1. The highest BCUT2D eigenvalue weighted by Gasteiger charge is 2.04. The van der Waals surface area contributed by atoms with E-state index in [0.29, 0.717) is 11.4 Å². The zero-order valence-corrected chi connectivity index (χ0v) is 11.5. The van der Waals surface area contributed by atoms with Crippen molar-refractivity contribution in [3.05, 3.63) is 65.9 Å². The maximum atomic E-state index is 8.73. The second-order valence-corrected chi connectivity index (χ2v) is 4.34. The maximum Gasteiger partial charge on any atom is 0.150 e. The molecule has 0 aliphatic heterocycles. The van der Waals surface area contributed by atoms with Crippen LogP contribution in [-0.2, 0) is 0 Å². The van der Waals surface area contributed by atoms with Crippen molar-refractivity contribution in [3.8, 4) is 23.6 Å². The Bertz CT molecular complexity index is 735. The molecule has 2 aromatic carbocycles. The lowest BCUT2D eigenvalue weighted by Crippen LogP contribution is -1.94. The van der Waals surface area contributed by atoms with Gasteiger partial charge in [0.05, 0.1) is 5.69 Å². The molecular formula is C17H13N3O. The summed E-state index contributed by atoms with van der Waals surface area (Å²) < 4.78 is 5.83. The smallest absolute Gasteiger partial charge is 0.150 e. The molecular weight excluding hydrogens is 262 g/mol. The van der Waals surface area contributed by atoms with Crippen LogP contribution in [0.5, 0.6) is 11.5 Å². The van der Waals surface area contributed by atoms with E-state index >= 15 is 0 Å². The summed E-state index contributed by atoms with van der Waals surface area (Å²) in [6.07, 6.45) is 1.36. The van der Waals surface area contributed by atoms with Crippen molar-refractivity contribution < 1.29 is 4.74 Å². The van der Waals surface area contributed by atoms with E-state index in [1.165, 1.54) is 6.20 Å². The minimum atomic E-state index is 0.000332. The predicted octanol–water partition coefficient (Wildman–Crippen LogP) is 4.13. The van der Waals surface area contributed by atoms with Gasteiger partial charge >= 0.3 is 0 Å². The molecule has 0 radical (unpaired) electrons. The highest BCUT2D eigenvalue weighted by molar-refractivity contribution is 5.60. The summed E-state index contributed by atoms with van der Waals surface area (Å²) in [4.78, 5) is 0. The summed E-state index contributed by atoms with van der Waals surface area (Å²) in [5.41, 5.74) is 1.79. The summed E-state index contributed by atoms with van der Waals surface area (Å²) in [5, 5.41) is 20.4. The normalized spacial score (nSPS) is 9.10. The Hall–Kier alpha value is -3.24. The van der Waals surface area contributed by atoms with Gasteiger partial charge in [0.2, 0.25) is 0 Å². The van der Waals surface area contributed by atoms with Gasteiger partial charge in [0.15, 0.2) is 5.75 Å². The Morgan fingerprint density at radius 1 is 1.10 bits per heavy atom. The van der Waals surface area contributed by atoms with Crippen molar-refractivity contribution in [3.63, 3.8) is 0 Å². The van der Waals surface area contributed by atoms with Gasteiger partial charge in [0.1, 0.15) is 23.5 Å². The number of nitrogens with zero attached hydrogens (tertiary/aromatic N) is 2. The Kier molecular flexibility index (Phi) is 4.58. The number of nitriles is 2. The number of para-hydroxylation sites is 2. The van der Waals surface area contributed by atoms with E-state index in [1.54, 1.807) is 12.1 Å². The fourth-order valence-electron chi connectivity index (χ4n) is 1.72. The van der Waals surface area contributed by atoms with Gasteiger partial charge in [-0.15, -0.1) is 0 Å². The van der Waals surface area contributed by atoms with Crippen LogP contribution in [0.2, 0.25) is 0 Å². The molecule has 1 N–H and O–H groups in total. The molecule has 2 rings (SSSR count). The average molecular weight is 275 g/mol. The van der Waals surface area contributed by atoms with Gasteiger partial charge in [-0.05, 0) is 36.8 Å². The van der Waals surface area contributed by atoms with Gasteiger partial charge in [-0.3, -0.25) is 0 Å². The van der Waals surface area contributed by atoms with Crippen molar-refractivity contribution in [2.75, 3.05) is 5.32 Å². The van der Waals surface area contributed by atoms with E-state index in [1.807, 2.05) is 55.5 Å². The van der Waals surface area contributed by atoms with Gasteiger partial charge < -0.3 is 10.1 Å². The van der Waals surface area contributed by atoms with Crippen LogP contribution in [0.15, 0.2) is 60.3 Å². The fourth-order valence-corrected chi connectivity index (χ4v) is 1.72. The van der Waals surface area contributed by atoms with Crippen molar-refractivity contribution in [2.24, 2.45) is 0 Å². The summed E-state index contributed by atoms with van der Waals surface area (Å²) in [5.74, 6) is 1.35. The topological polar surface area (TPSA) is 68.8 Å². The molecule has 102 valence electrons. The van der Waals surface area contributed by atoms with E-state index in [2.05, 4.69) is 5.32 Å². The number of allylic oxidation sites excluding steroid dienone is 1. The molecule has 0 spiro atoms. The molecule has 0 bridgehead atoms. The first-order valence-electron chi connectivity index (χ1n) is 6.33. The van der Waals surface area contributed by atoms with Crippen molar-refractivity contribution >= 4 is 5.69 Å². The van der Waals surface area contributed by atoms with Gasteiger partial charge in [0, 0.05) is 6.20 Å². The minimum absolute atomic E-state index is 0.000332. The van der Waals surface area contributed by atoms with Crippen LogP contribution in [0.3, 0.4) is 0 Å². The van der Waals surface area contributed by atoms with Gasteiger partial charge in [0.25, 0.3) is 0 Å². The number of aryl methyl sites for hydroxylation is 1. The molecule has 0 amide bonds. The Labute approximate surface area is 123 Å². The van der Waals surface area contributed by atoms with E-state index in [0.717, 1.165) is 11.3 Å². The number of ether oxygens (including phenoxy) is 1. The molecule has 0 fully saturated rings. The number of anilines is 1. The molecule has 21 heavy (non-hydrogen) atoms. The molecule has 0 heterocycles. The summed E-state index contributed by atoms with van der Waals surface area (Å²) in [7, 11) is 0. The number of rotatable bonds is 4. The van der Waals surface area contributed by atoms with Gasteiger partial charge in [-0.2, -0.15) is 10.5 Å². The van der Waals surface area contributed by atoms with E-state index < -0.39 is 0 Å². The highest BCUT2D eigenvalue weighted by Crippen LogP contribution is 2.29. The van der Waals surface area contributed by atoms with Crippen LogP contribution in [0.4, 0.5) is 5.69 Å². The van der Waals surface area contributed by atoms with E-state index in [9.17, 15) is 0 Å². The summed E-state index contributed by atoms with van der Waals surface area (Å²) in [6, 6.07) is 18.6. The SMILES string of the molecule is Cc1cccc(Oc2ccccc2NC=C(C#N)C#N)c1. The second-order valence-electron chi connectivity index (χ2n) is 4.34. The Morgan fingerprint density at radius 2 is 1.86 bits per heavy atom. The van der Waals surface area contributed by atoms with Crippen LogP contribution in [0.25, 0.3) is 0 Å². The molecule has 4 nitrogen and oxygen atoms in total. The highest BCUT2D eigenvalue weighted by atomic mass is 16.5. The maximum absolute atomic E-state index is 8.73. The molecule has 2 aromatic rings. The molecule has 0 atom stereocenters. The second kappa shape index (κ2) is 6.79. The van der Waals surface area contributed by atoms with E-state index in [-0.39, 0.29) is 5.57 Å². The summed E-state index contributed by atoms with van der Waals surface area (Å²) in [6.45, 7) is 1.99. The molecule has 0 aliphatic carbocycles. The van der Waals surface area contributed by atoms with Crippen molar-refractivity contribution in [1.29, 1.82) is 10.5 Å². The first-order chi connectivity index (χ1) is 10.2. The van der Waals surface area contributed by atoms with Crippen molar-refractivity contribution in [1.82, 2.24) is 0 Å². The van der Waals surface area contributed by atoms with Crippen LogP contribution in [0, 0.1) is 29.6 Å². The molecule has 4 heteroatoms. The van der Waals surface area contributed by atoms with Gasteiger partial charge in [-0.25, -0.2) is 0 Å².